The Kier molecular flexibility index (Phi) is 5.71. The average molecular weight is 300 g/mol. The number of rotatable bonds is 6. The third-order valence-electron chi connectivity index (χ3n) is 3.88. The number of aryl methyl sites for hydroxylation is 1. The van der Waals surface area contributed by atoms with Gasteiger partial charge in [0.15, 0.2) is 0 Å². The molecule has 2 rings (SSSR count). The molecule has 0 unspecified atom stereocenters. The van der Waals surface area contributed by atoms with Crippen molar-refractivity contribution in [1.29, 1.82) is 0 Å². The molecule has 4 heteroatoms. The summed E-state index contributed by atoms with van der Waals surface area (Å²) in [7, 11) is 0. The highest BCUT2D eigenvalue weighted by Crippen LogP contribution is 2.29. The number of carbonyl (C=O) groups excluding carboxylic acids is 1. The van der Waals surface area contributed by atoms with Crippen LogP contribution in [0.4, 0.5) is 0 Å². The highest BCUT2D eigenvalue weighted by Gasteiger charge is 2.32. The normalized spacial score (nSPS) is 18.2. The number of thiophene rings is 1. The second-order valence-electron chi connectivity index (χ2n) is 5.46. The average Bonchev–Trinajstić information content (AvgIpc) is 2.93. The molecule has 0 spiro atoms. The van der Waals surface area contributed by atoms with Gasteiger partial charge in [-0.1, -0.05) is 25.3 Å². The lowest BCUT2D eigenvalue weighted by Crippen LogP contribution is -2.51. The molecule has 19 heavy (non-hydrogen) atoms. The highest BCUT2D eigenvalue weighted by atomic mass is 35.5. The van der Waals surface area contributed by atoms with E-state index in [1.807, 2.05) is 0 Å². The molecule has 106 valence electrons. The first-order valence-electron chi connectivity index (χ1n) is 7.13. The molecule has 0 saturated heterocycles. The Labute approximate surface area is 124 Å². The maximum Gasteiger partial charge on any atom is 0.220 e. The van der Waals surface area contributed by atoms with Crippen molar-refractivity contribution < 1.29 is 4.79 Å². The number of alkyl halides is 1. The topological polar surface area (TPSA) is 29.1 Å². The summed E-state index contributed by atoms with van der Waals surface area (Å²) in [5.41, 5.74) is -0.125. The molecular weight excluding hydrogens is 278 g/mol. The summed E-state index contributed by atoms with van der Waals surface area (Å²) in [6.45, 7) is 0. The van der Waals surface area contributed by atoms with Gasteiger partial charge in [0.2, 0.25) is 5.91 Å². The summed E-state index contributed by atoms with van der Waals surface area (Å²) in [6, 6.07) is 4.19. The van der Waals surface area contributed by atoms with Crippen molar-refractivity contribution in [2.45, 2.75) is 56.9 Å². The number of hydrogen-bond acceptors (Lipinski definition) is 2. The van der Waals surface area contributed by atoms with E-state index >= 15 is 0 Å². The number of nitrogens with one attached hydrogen (secondary N) is 1. The second-order valence-corrected chi connectivity index (χ2v) is 6.76. The van der Waals surface area contributed by atoms with E-state index in [0.29, 0.717) is 12.3 Å². The van der Waals surface area contributed by atoms with Gasteiger partial charge in [-0.2, -0.15) is 0 Å². The Bertz CT molecular complexity index is 385. The van der Waals surface area contributed by atoms with Crippen LogP contribution in [0.3, 0.4) is 0 Å². The minimum atomic E-state index is -0.125. The summed E-state index contributed by atoms with van der Waals surface area (Å²) in [5.74, 6) is 0.711. The van der Waals surface area contributed by atoms with E-state index in [0.717, 1.165) is 25.7 Å². The minimum Gasteiger partial charge on any atom is -0.349 e. The molecule has 1 heterocycles. The molecule has 0 aliphatic heterocycles. The molecule has 1 aromatic heterocycles. The molecule has 1 amide bonds. The van der Waals surface area contributed by atoms with Crippen molar-refractivity contribution in [3.63, 3.8) is 0 Å². The first-order valence-corrected chi connectivity index (χ1v) is 8.55. The summed E-state index contributed by atoms with van der Waals surface area (Å²) in [4.78, 5) is 13.4. The fourth-order valence-corrected chi connectivity index (χ4v) is 3.84. The van der Waals surface area contributed by atoms with Crippen LogP contribution in [0.1, 0.15) is 49.8 Å². The Balaban J connectivity index is 1.73. The predicted octanol–water partition coefficient (Wildman–Crippen LogP) is 4.13. The van der Waals surface area contributed by atoms with Crippen molar-refractivity contribution >= 4 is 28.8 Å². The molecule has 0 radical (unpaired) electrons. The van der Waals surface area contributed by atoms with Crippen LogP contribution >= 0.6 is 22.9 Å². The second kappa shape index (κ2) is 7.30. The lowest BCUT2D eigenvalue weighted by molar-refractivity contribution is -0.123. The van der Waals surface area contributed by atoms with Crippen LogP contribution in [0.2, 0.25) is 0 Å². The van der Waals surface area contributed by atoms with Crippen LogP contribution in [-0.4, -0.2) is 17.3 Å². The van der Waals surface area contributed by atoms with Crippen LogP contribution in [0.15, 0.2) is 17.5 Å². The van der Waals surface area contributed by atoms with Gasteiger partial charge in [0.25, 0.3) is 0 Å². The standard InChI is InChI=1S/C15H22ClNOS/c16-12-15(9-2-1-3-10-15)17-14(18)8-4-6-13-7-5-11-19-13/h5,7,11H,1-4,6,8-10,12H2,(H,17,18). The van der Waals surface area contributed by atoms with Crippen LogP contribution < -0.4 is 5.32 Å². The lowest BCUT2D eigenvalue weighted by atomic mass is 9.83. The van der Waals surface area contributed by atoms with Gasteiger partial charge in [0.1, 0.15) is 0 Å². The number of amides is 1. The van der Waals surface area contributed by atoms with Crippen LogP contribution in [0.5, 0.6) is 0 Å². The van der Waals surface area contributed by atoms with E-state index in [-0.39, 0.29) is 11.4 Å². The molecular formula is C15H22ClNOS. The van der Waals surface area contributed by atoms with Gasteiger partial charge in [-0.25, -0.2) is 0 Å². The molecule has 0 atom stereocenters. The molecule has 0 bridgehead atoms. The van der Waals surface area contributed by atoms with E-state index < -0.39 is 0 Å². The molecule has 1 aliphatic rings. The minimum absolute atomic E-state index is 0.125. The fourth-order valence-electron chi connectivity index (χ4n) is 2.76. The Morgan fingerprint density at radius 2 is 2.16 bits per heavy atom. The smallest absolute Gasteiger partial charge is 0.220 e. The summed E-state index contributed by atoms with van der Waals surface area (Å²) in [6.07, 6.45) is 8.23. The van der Waals surface area contributed by atoms with E-state index in [1.54, 1.807) is 11.3 Å². The molecule has 1 saturated carbocycles. The first-order chi connectivity index (χ1) is 9.24. The maximum absolute atomic E-state index is 12.0. The van der Waals surface area contributed by atoms with Crippen molar-refractivity contribution in [2.75, 3.05) is 5.88 Å². The number of carbonyl (C=O) groups is 1. The zero-order chi connectivity index (χ0) is 13.6. The Morgan fingerprint density at radius 3 is 2.79 bits per heavy atom. The van der Waals surface area contributed by atoms with Crippen molar-refractivity contribution in [3.05, 3.63) is 22.4 Å². The fraction of sp³-hybridized carbons (Fsp3) is 0.667. The zero-order valence-electron chi connectivity index (χ0n) is 11.3. The molecule has 1 aromatic rings. The van der Waals surface area contributed by atoms with Crippen LogP contribution in [0, 0.1) is 0 Å². The molecule has 1 fully saturated rings. The Hall–Kier alpha value is -0.540. The van der Waals surface area contributed by atoms with Gasteiger partial charge < -0.3 is 5.32 Å². The van der Waals surface area contributed by atoms with Gasteiger partial charge in [-0.3, -0.25) is 4.79 Å². The van der Waals surface area contributed by atoms with Crippen LogP contribution in [0.25, 0.3) is 0 Å². The largest absolute Gasteiger partial charge is 0.349 e. The van der Waals surface area contributed by atoms with Crippen LogP contribution in [-0.2, 0) is 11.2 Å². The van der Waals surface area contributed by atoms with E-state index in [9.17, 15) is 4.79 Å². The monoisotopic (exact) mass is 299 g/mol. The molecule has 1 aliphatic carbocycles. The SMILES string of the molecule is O=C(CCCc1cccs1)NC1(CCl)CCCCC1. The number of hydrogen-bond donors (Lipinski definition) is 1. The molecule has 0 aromatic carbocycles. The molecule has 1 N–H and O–H groups in total. The third-order valence-corrected chi connectivity index (χ3v) is 5.33. The maximum atomic E-state index is 12.0. The van der Waals surface area contributed by atoms with E-state index in [2.05, 4.69) is 22.8 Å². The summed E-state index contributed by atoms with van der Waals surface area (Å²) in [5, 5.41) is 5.28. The van der Waals surface area contributed by atoms with Crippen molar-refractivity contribution in [1.82, 2.24) is 5.32 Å². The third kappa shape index (κ3) is 4.50. The van der Waals surface area contributed by atoms with Gasteiger partial charge in [0, 0.05) is 17.2 Å². The predicted molar refractivity (Wildman–Crippen MR) is 81.9 cm³/mol. The molecule has 2 nitrogen and oxygen atoms in total. The quantitative estimate of drug-likeness (QED) is 0.786. The Morgan fingerprint density at radius 1 is 1.37 bits per heavy atom. The van der Waals surface area contributed by atoms with Crippen molar-refractivity contribution in [3.8, 4) is 0 Å². The lowest BCUT2D eigenvalue weighted by Gasteiger charge is -2.36. The zero-order valence-corrected chi connectivity index (χ0v) is 12.9. The van der Waals surface area contributed by atoms with Gasteiger partial charge in [0.05, 0.1) is 5.54 Å². The first kappa shape index (κ1) is 14.9. The summed E-state index contributed by atoms with van der Waals surface area (Å²) >= 11 is 7.84. The van der Waals surface area contributed by atoms with Crippen molar-refractivity contribution in [2.24, 2.45) is 0 Å². The highest BCUT2D eigenvalue weighted by molar-refractivity contribution is 7.09. The van der Waals surface area contributed by atoms with Gasteiger partial charge in [-0.15, -0.1) is 22.9 Å². The van der Waals surface area contributed by atoms with E-state index in [4.69, 9.17) is 11.6 Å². The van der Waals surface area contributed by atoms with Gasteiger partial charge in [-0.05, 0) is 37.1 Å². The van der Waals surface area contributed by atoms with E-state index in [1.165, 1.54) is 24.1 Å². The number of halogens is 1. The van der Waals surface area contributed by atoms with Gasteiger partial charge >= 0.3 is 0 Å². The summed E-state index contributed by atoms with van der Waals surface area (Å²) < 4.78 is 0.